The highest BCUT2D eigenvalue weighted by Gasteiger charge is 2.44. The van der Waals surface area contributed by atoms with Crippen molar-refractivity contribution in [3.8, 4) is 5.75 Å². The van der Waals surface area contributed by atoms with Crippen molar-refractivity contribution in [2.75, 3.05) is 32.1 Å². The number of benzene rings is 2. The lowest BCUT2D eigenvalue weighted by atomic mass is 9.77. The van der Waals surface area contributed by atoms with Crippen molar-refractivity contribution in [1.82, 2.24) is 0 Å². The van der Waals surface area contributed by atoms with E-state index in [9.17, 15) is 0 Å². The maximum Gasteiger partial charge on any atom is 0.209 e. The van der Waals surface area contributed by atoms with Gasteiger partial charge in [0.25, 0.3) is 0 Å². The Hall–Kier alpha value is -2.55. The summed E-state index contributed by atoms with van der Waals surface area (Å²) in [5, 5.41) is 0. The number of para-hydroxylation sites is 1. The number of methoxy groups -OCH3 is 1. The third-order valence-electron chi connectivity index (χ3n) is 7.06. The minimum absolute atomic E-state index is 0.0200. The zero-order valence-corrected chi connectivity index (χ0v) is 20.9. The van der Waals surface area contributed by atoms with E-state index in [4.69, 9.17) is 4.74 Å². The Morgan fingerprint density at radius 1 is 0.969 bits per heavy atom. The molecule has 0 fully saturated rings. The van der Waals surface area contributed by atoms with E-state index >= 15 is 0 Å². The molecule has 1 unspecified atom stereocenters. The molecule has 1 aliphatic heterocycles. The first kappa shape index (κ1) is 24.1. The second kappa shape index (κ2) is 10.8. The summed E-state index contributed by atoms with van der Waals surface area (Å²) in [6, 6.07) is 15.4. The molecule has 0 saturated carbocycles. The molecule has 32 heavy (non-hydrogen) atoms. The van der Waals surface area contributed by atoms with Crippen LogP contribution in [0.4, 0.5) is 11.4 Å². The third kappa shape index (κ3) is 4.77. The van der Waals surface area contributed by atoms with Gasteiger partial charge in [-0.25, -0.2) is 0 Å². The molecule has 3 rings (SSSR count). The SMILES string of the molecule is CCCCN(CCCC)c1ccc(C=CC2=[N+](C)c3ccccc3C2(C)CC)c(OC)c1. The van der Waals surface area contributed by atoms with Crippen molar-refractivity contribution in [2.24, 2.45) is 0 Å². The van der Waals surface area contributed by atoms with E-state index in [1.807, 2.05) is 0 Å². The highest BCUT2D eigenvalue weighted by molar-refractivity contribution is 6.05. The van der Waals surface area contributed by atoms with Crippen LogP contribution in [0.2, 0.25) is 0 Å². The number of unbranched alkanes of at least 4 members (excludes halogenated alkanes) is 2. The number of hydrogen-bond acceptors (Lipinski definition) is 2. The number of fused-ring (bicyclic) bond motifs is 1. The van der Waals surface area contributed by atoms with E-state index in [0.717, 1.165) is 30.8 Å². The Morgan fingerprint density at radius 3 is 2.28 bits per heavy atom. The van der Waals surface area contributed by atoms with Gasteiger partial charge in [-0.15, -0.1) is 0 Å². The monoisotopic (exact) mass is 433 g/mol. The van der Waals surface area contributed by atoms with Gasteiger partial charge in [0.1, 0.15) is 12.8 Å². The van der Waals surface area contributed by atoms with E-state index in [0.29, 0.717) is 0 Å². The van der Waals surface area contributed by atoms with Gasteiger partial charge in [0.2, 0.25) is 5.69 Å². The number of allylic oxidation sites excluding steroid dienone is 1. The van der Waals surface area contributed by atoms with Gasteiger partial charge < -0.3 is 9.64 Å². The Labute approximate surface area is 195 Å². The first-order valence-corrected chi connectivity index (χ1v) is 12.3. The van der Waals surface area contributed by atoms with Crippen LogP contribution in [-0.4, -0.2) is 37.5 Å². The summed E-state index contributed by atoms with van der Waals surface area (Å²) in [5.74, 6) is 0.939. The molecule has 0 saturated heterocycles. The predicted molar refractivity (Wildman–Crippen MR) is 139 cm³/mol. The van der Waals surface area contributed by atoms with Gasteiger partial charge >= 0.3 is 0 Å². The van der Waals surface area contributed by atoms with Crippen LogP contribution < -0.4 is 9.64 Å². The fourth-order valence-corrected chi connectivity index (χ4v) is 4.81. The van der Waals surface area contributed by atoms with Gasteiger partial charge in [-0.1, -0.05) is 51.8 Å². The molecule has 0 bridgehead atoms. The minimum Gasteiger partial charge on any atom is -0.496 e. The molecular weight excluding hydrogens is 392 g/mol. The molecule has 0 spiro atoms. The first-order valence-electron chi connectivity index (χ1n) is 12.3. The maximum absolute atomic E-state index is 5.83. The normalized spacial score (nSPS) is 17.8. The average molecular weight is 434 g/mol. The number of nitrogens with zero attached hydrogens (tertiary/aromatic N) is 2. The standard InChI is InChI=1S/C29H41N2O/c1-7-10-20-31(21-11-8-2)24-18-16-23(27(22-24)32-6)17-19-28-29(4,9-3)25-14-12-13-15-26(25)30(28)5/h12-19,22H,7-11,20-21H2,1-6H3/q+1. The summed E-state index contributed by atoms with van der Waals surface area (Å²) in [6.45, 7) is 11.4. The van der Waals surface area contributed by atoms with E-state index in [2.05, 4.69) is 98.8 Å². The van der Waals surface area contributed by atoms with E-state index in [1.165, 1.54) is 48.3 Å². The average Bonchev–Trinajstić information content (AvgIpc) is 3.05. The zero-order chi connectivity index (χ0) is 23.1. The molecule has 172 valence electrons. The molecule has 0 aliphatic carbocycles. The van der Waals surface area contributed by atoms with Crippen molar-refractivity contribution in [2.45, 2.75) is 65.2 Å². The summed E-state index contributed by atoms with van der Waals surface area (Å²) in [6.07, 6.45) is 10.4. The van der Waals surface area contributed by atoms with Crippen molar-refractivity contribution < 1.29 is 9.31 Å². The van der Waals surface area contributed by atoms with Crippen LogP contribution >= 0.6 is 0 Å². The van der Waals surface area contributed by atoms with E-state index in [-0.39, 0.29) is 5.41 Å². The van der Waals surface area contributed by atoms with Gasteiger partial charge in [0.05, 0.1) is 12.5 Å². The van der Waals surface area contributed by atoms with Crippen molar-refractivity contribution in [3.05, 3.63) is 59.7 Å². The molecular formula is C29H41N2O+. The number of anilines is 1. The summed E-state index contributed by atoms with van der Waals surface area (Å²) in [4.78, 5) is 2.51. The lowest BCUT2D eigenvalue weighted by Crippen LogP contribution is -2.29. The fourth-order valence-electron chi connectivity index (χ4n) is 4.81. The summed E-state index contributed by atoms with van der Waals surface area (Å²) >= 11 is 0. The second-order valence-corrected chi connectivity index (χ2v) is 9.10. The maximum atomic E-state index is 5.83. The summed E-state index contributed by atoms with van der Waals surface area (Å²) in [5.41, 5.74) is 6.46. The Bertz CT molecular complexity index is 967. The zero-order valence-electron chi connectivity index (χ0n) is 20.9. The third-order valence-corrected chi connectivity index (χ3v) is 7.06. The van der Waals surface area contributed by atoms with Crippen molar-refractivity contribution in [1.29, 1.82) is 0 Å². The van der Waals surface area contributed by atoms with Gasteiger partial charge in [-0.3, -0.25) is 0 Å². The molecule has 2 aromatic carbocycles. The molecule has 3 heteroatoms. The minimum atomic E-state index is 0.0200. The molecule has 2 aromatic rings. The van der Waals surface area contributed by atoms with Crippen LogP contribution in [-0.2, 0) is 5.41 Å². The highest BCUT2D eigenvalue weighted by atomic mass is 16.5. The Morgan fingerprint density at radius 2 is 1.66 bits per heavy atom. The smallest absolute Gasteiger partial charge is 0.209 e. The number of rotatable bonds is 11. The topological polar surface area (TPSA) is 15.5 Å². The largest absolute Gasteiger partial charge is 0.496 e. The van der Waals surface area contributed by atoms with Crippen LogP contribution in [0.15, 0.2) is 48.5 Å². The lowest BCUT2D eigenvalue weighted by molar-refractivity contribution is -0.401. The lowest BCUT2D eigenvalue weighted by Gasteiger charge is -2.25. The van der Waals surface area contributed by atoms with Gasteiger partial charge in [-0.05, 0) is 44.4 Å². The van der Waals surface area contributed by atoms with Gasteiger partial charge in [0, 0.05) is 48.1 Å². The first-order chi connectivity index (χ1) is 15.5. The molecule has 0 N–H and O–H groups in total. The van der Waals surface area contributed by atoms with Crippen LogP contribution in [0.5, 0.6) is 5.75 Å². The highest BCUT2D eigenvalue weighted by Crippen LogP contribution is 2.42. The Kier molecular flexibility index (Phi) is 8.17. The fraction of sp³-hybridized carbons (Fsp3) is 0.483. The second-order valence-electron chi connectivity index (χ2n) is 9.10. The molecule has 1 atom stereocenters. The van der Waals surface area contributed by atoms with Crippen molar-refractivity contribution in [3.63, 3.8) is 0 Å². The molecule has 0 radical (unpaired) electrons. The van der Waals surface area contributed by atoms with Gasteiger partial charge in [0.15, 0.2) is 5.71 Å². The summed E-state index contributed by atoms with van der Waals surface area (Å²) < 4.78 is 8.17. The van der Waals surface area contributed by atoms with Crippen LogP contribution in [0.25, 0.3) is 6.08 Å². The number of hydrogen-bond donors (Lipinski definition) is 0. The molecule has 1 heterocycles. The van der Waals surface area contributed by atoms with Gasteiger partial charge in [-0.2, -0.15) is 4.58 Å². The predicted octanol–water partition coefficient (Wildman–Crippen LogP) is 7.21. The molecule has 0 amide bonds. The van der Waals surface area contributed by atoms with E-state index in [1.54, 1.807) is 7.11 Å². The van der Waals surface area contributed by atoms with Crippen molar-refractivity contribution >= 4 is 23.2 Å². The summed E-state index contributed by atoms with van der Waals surface area (Å²) in [7, 11) is 3.96. The quantitative estimate of drug-likeness (QED) is 0.348. The van der Waals surface area contributed by atoms with Crippen LogP contribution in [0, 0.1) is 0 Å². The van der Waals surface area contributed by atoms with E-state index < -0.39 is 0 Å². The Balaban J connectivity index is 1.91. The molecule has 0 aromatic heterocycles. The molecule has 3 nitrogen and oxygen atoms in total. The van der Waals surface area contributed by atoms with Crippen LogP contribution in [0.1, 0.15) is 70.9 Å². The molecule has 1 aliphatic rings. The van der Waals surface area contributed by atoms with Crippen LogP contribution in [0.3, 0.4) is 0 Å². The number of ether oxygens (including phenoxy) is 1.